The monoisotopic (exact) mass is 284 g/mol. The van der Waals surface area contributed by atoms with Gasteiger partial charge in [0.1, 0.15) is 0 Å². The Bertz CT molecular complexity index is 196. The summed E-state index contributed by atoms with van der Waals surface area (Å²) in [6.07, 6.45) is 1.34. The third-order valence-electron chi connectivity index (χ3n) is 1.72. The van der Waals surface area contributed by atoms with E-state index in [0.29, 0.717) is 17.6 Å². The van der Waals surface area contributed by atoms with E-state index in [1.165, 1.54) is 0 Å². The van der Waals surface area contributed by atoms with Gasteiger partial charge in [-0.2, -0.15) is 0 Å². The molecule has 0 rings (SSSR count). The first-order valence-corrected chi connectivity index (χ1v) is 6.15. The minimum absolute atomic E-state index is 0.231. The second-order valence-electron chi connectivity index (χ2n) is 2.77. The second kappa shape index (κ2) is 8.24. The Labute approximate surface area is 97.3 Å². The molecular formula is C9H14BrClO3. The van der Waals surface area contributed by atoms with Crippen LogP contribution in [0.25, 0.3) is 0 Å². The van der Waals surface area contributed by atoms with Crippen LogP contribution in [0.1, 0.15) is 19.8 Å². The first-order valence-electron chi connectivity index (χ1n) is 4.50. The SMILES string of the molecule is CCOC(=O)C(=O)C(CBr)CCCCl. The summed E-state index contributed by atoms with van der Waals surface area (Å²) < 4.78 is 4.62. The zero-order chi connectivity index (χ0) is 11.0. The summed E-state index contributed by atoms with van der Waals surface area (Å²) >= 11 is 8.70. The van der Waals surface area contributed by atoms with Crippen molar-refractivity contribution in [2.45, 2.75) is 19.8 Å². The zero-order valence-corrected chi connectivity index (χ0v) is 10.4. The van der Waals surface area contributed by atoms with Crippen molar-refractivity contribution in [2.75, 3.05) is 17.8 Å². The van der Waals surface area contributed by atoms with Crippen LogP contribution in [0.5, 0.6) is 0 Å². The number of rotatable bonds is 7. The maximum Gasteiger partial charge on any atom is 0.374 e. The molecule has 0 aromatic heterocycles. The number of hydrogen-bond donors (Lipinski definition) is 0. The lowest BCUT2D eigenvalue weighted by molar-refractivity contribution is -0.155. The summed E-state index contributed by atoms with van der Waals surface area (Å²) in [6.45, 7) is 1.90. The highest BCUT2D eigenvalue weighted by atomic mass is 79.9. The largest absolute Gasteiger partial charge is 0.460 e. The van der Waals surface area contributed by atoms with Gasteiger partial charge in [0.25, 0.3) is 0 Å². The molecule has 0 aromatic rings. The highest BCUT2D eigenvalue weighted by Crippen LogP contribution is 2.12. The molecule has 14 heavy (non-hydrogen) atoms. The van der Waals surface area contributed by atoms with E-state index in [4.69, 9.17) is 11.6 Å². The summed E-state index contributed by atoms with van der Waals surface area (Å²) in [6, 6.07) is 0. The molecule has 1 unspecified atom stereocenters. The molecule has 0 N–H and O–H groups in total. The molecule has 5 heteroatoms. The maximum atomic E-state index is 11.4. The van der Waals surface area contributed by atoms with Gasteiger partial charge in [0.2, 0.25) is 5.78 Å². The van der Waals surface area contributed by atoms with E-state index in [9.17, 15) is 9.59 Å². The van der Waals surface area contributed by atoms with Crippen molar-refractivity contribution in [3.8, 4) is 0 Å². The topological polar surface area (TPSA) is 43.4 Å². The van der Waals surface area contributed by atoms with Crippen molar-refractivity contribution in [3.63, 3.8) is 0 Å². The van der Waals surface area contributed by atoms with E-state index in [1.54, 1.807) is 6.92 Å². The van der Waals surface area contributed by atoms with E-state index in [-0.39, 0.29) is 12.5 Å². The molecular weight excluding hydrogens is 271 g/mol. The molecule has 0 saturated carbocycles. The van der Waals surface area contributed by atoms with Gasteiger partial charge in [0.05, 0.1) is 6.61 Å². The van der Waals surface area contributed by atoms with Gasteiger partial charge in [-0.05, 0) is 19.8 Å². The molecule has 0 radical (unpaired) electrons. The van der Waals surface area contributed by atoms with Gasteiger partial charge in [-0.25, -0.2) is 4.79 Å². The van der Waals surface area contributed by atoms with Gasteiger partial charge in [-0.15, -0.1) is 11.6 Å². The predicted octanol–water partition coefficient (Wildman–Crippen LogP) is 2.15. The molecule has 0 aromatic carbocycles. The fraction of sp³-hybridized carbons (Fsp3) is 0.778. The van der Waals surface area contributed by atoms with Crippen LogP contribution in [0, 0.1) is 5.92 Å². The summed E-state index contributed by atoms with van der Waals surface area (Å²) in [7, 11) is 0. The summed E-state index contributed by atoms with van der Waals surface area (Å²) in [4.78, 5) is 22.5. The molecule has 3 nitrogen and oxygen atoms in total. The molecule has 0 heterocycles. The molecule has 0 aliphatic rings. The minimum Gasteiger partial charge on any atom is -0.460 e. The number of ether oxygens (including phenoxy) is 1. The number of esters is 1. The molecule has 0 saturated heterocycles. The highest BCUT2D eigenvalue weighted by Gasteiger charge is 2.24. The summed E-state index contributed by atoms with van der Waals surface area (Å²) in [5, 5.41) is 0.474. The quantitative estimate of drug-likeness (QED) is 0.409. The van der Waals surface area contributed by atoms with E-state index in [2.05, 4.69) is 20.7 Å². The van der Waals surface area contributed by atoms with Crippen LogP contribution < -0.4 is 0 Å². The molecule has 0 spiro atoms. The average molecular weight is 286 g/mol. The molecule has 0 fully saturated rings. The fourth-order valence-electron chi connectivity index (χ4n) is 0.971. The maximum absolute atomic E-state index is 11.4. The van der Waals surface area contributed by atoms with Gasteiger partial charge >= 0.3 is 5.97 Å². The molecule has 0 bridgehead atoms. The number of halogens is 2. The summed E-state index contributed by atoms with van der Waals surface area (Å²) in [5.41, 5.74) is 0. The fourth-order valence-corrected chi connectivity index (χ4v) is 1.74. The highest BCUT2D eigenvalue weighted by molar-refractivity contribution is 9.09. The Morgan fingerprint density at radius 3 is 2.57 bits per heavy atom. The van der Waals surface area contributed by atoms with E-state index in [0.717, 1.165) is 6.42 Å². The zero-order valence-electron chi connectivity index (χ0n) is 8.09. The number of carbonyl (C=O) groups excluding carboxylic acids is 2. The van der Waals surface area contributed by atoms with Crippen LogP contribution in [0.4, 0.5) is 0 Å². The Morgan fingerprint density at radius 2 is 2.14 bits per heavy atom. The van der Waals surface area contributed by atoms with Gasteiger partial charge in [0, 0.05) is 17.1 Å². The molecule has 82 valence electrons. The summed E-state index contributed by atoms with van der Waals surface area (Å²) in [5.74, 6) is -1.02. The van der Waals surface area contributed by atoms with E-state index >= 15 is 0 Å². The van der Waals surface area contributed by atoms with Crippen LogP contribution in [0.15, 0.2) is 0 Å². The predicted molar refractivity (Wildman–Crippen MR) is 58.9 cm³/mol. The van der Waals surface area contributed by atoms with Gasteiger partial charge < -0.3 is 4.74 Å². The number of ketones is 1. The van der Waals surface area contributed by atoms with Gasteiger partial charge in [-0.3, -0.25) is 4.79 Å². The van der Waals surface area contributed by atoms with Gasteiger partial charge in [0.15, 0.2) is 0 Å². The number of carbonyl (C=O) groups is 2. The van der Waals surface area contributed by atoms with Crippen LogP contribution in [0.3, 0.4) is 0 Å². The smallest absolute Gasteiger partial charge is 0.374 e. The Morgan fingerprint density at radius 1 is 1.50 bits per heavy atom. The van der Waals surface area contributed by atoms with E-state index in [1.807, 2.05) is 0 Å². The standard InChI is InChI=1S/C9H14BrClO3/c1-2-14-9(13)8(12)7(6-10)4-3-5-11/h7H,2-6H2,1H3. The van der Waals surface area contributed by atoms with Crippen molar-refractivity contribution in [1.29, 1.82) is 0 Å². The van der Waals surface area contributed by atoms with Crippen LogP contribution in [0.2, 0.25) is 0 Å². The lowest BCUT2D eigenvalue weighted by Crippen LogP contribution is -2.27. The lowest BCUT2D eigenvalue weighted by Gasteiger charge is -2.10. The third kappa shape index (κ3) is 4.96. The lowest BCUT2D eigenvalue weighted by atomic mass is 10.0. The van der Waals surface area contributed by atoms with Crippen molar-refractivity contribution in [1.82, 2.24) is 0 Å². The van der Waals surface area contributed by atoms with Crippen LogP contribution in [-0.2, 0) is 14.3 Å². The Hall–Kier alpha value is -0.0900. The third-order valence-corrected chi connectivity index (χ3v) is 2.77. The molecule has 1 atom stereocenters. The Kier molecular flexibility index (Phi) is 8.18. The van der Waals surface area contributed by atoms with Crippen molar-refractivity contribution in [2.24, 2.45) is 5.92 Å². The van der Waals surface area contributed by atoms with Crippen molar-refractivity contribution < 1.29 is 14.3 Å². The van der Waals surface area contributed by atoms with Crippen LogP contribution in [-0.4, -0.2) is 29.6 Å². The van der Waals surface area contributed by atoms with Crippen molar-refractivity contribution in [3.05, 3.63) is 0 Å². The van der Waals surface area contributed by atoms with Gasteiger partial charge in [-0.1, -0.05) is 15.9 Å². The second-order valence-corrected chi connectivity index (χ2v) is 3.79. The molecule has 0 amide bonds. The number of hydrogen-bond acceptors (Lipinski definition) is 3. The first kappa shape index (κ1) is 13.9. The average Bonchev–Trinajstić information content (AvgIpc) is 2.19. The Balaban J connectivity index is 4.09. The number of alkyl halides is 2. The molecule has 0 aliphatic carbocycles. The number of Topliss-reactive ketones (excluding diaryl/α,β-unsaturated/α-hetero) is 1. The minimum atomic E-state index is -0.744. The van der Waals surface area contributed by atoms with Crippen LogP contribution >= 0.6 is 27.5 Å². The van der Waals surface area contributed by atoms with Crippen molar-refractivity contribution >= 4 is 39.3 Å². The van der Waals surface area contributed by atoms with E-state index < -0.39 is 11.8 Å². The normalized spacial score (nSPS) is 12.2. The first-order chi connectivity index (χ1) is 6.67. The molecule has 0 aliphatic heterocycles.